The molecule has 0 N–H and O–H groups in total. The molecule has 0 bridgehead atoms. The molecule has 1 heterocycles. The molecule has 1 aromatic carbocycles. The van der Waals surface area contributed by atoms with Gasteiger partial charge in [-0.3, -0.25) is 0 Å². The summed E-state index contributed by atoms with van der Waals surface area (Å²) in [4.78, 5) is 0.447. The summed E-state index contributed by atoms with van der Waals surface area (Å²) in [5.74, 6) is 0. The third kappa shape index (κ3) is 8.75. The fourth-order valence-electron chi connectivity index (χ4n) is 2.21. The van der Waals surface area contributed by atoms with Crippen LogP contribution in [0.4, 0.5) is 0 Å². The first kappa shape index (κ1) is 22.7. The molecule has 1 saturated heterocycles. The van der Waals surface area contributed by atoms with Crippen molar-refractivity contribution in [1.82, 2.24) is 0 Å². The number of halogens is 6. The summed E-state index contributed by atoms with van der Waals surface area (Å²) in [5.41, 5.74) is 1.09. The van der Waals surface area contributed by atoms with Gasteiger partial charge in [-0.05, 0) is 19.1 Å². The monoisotopic (exact) mass is 571 g/mol. The first-order chi connectivity index (χ1) is 9.91. The molecule has 0 atom stereocenters. The van der Waals surface area contributed by atoms with Gasteiger partial charge in [0.05, 0.1) is 20.1 Å². The number of aryl methyl sites for hydroxylation is 1. The van der Waals surface area contributed by atoms with Crippen LogP contribution in [0.2, 0.25) is 0 Å². The number of quaternary nitrogens is 1. The molecule has 0 aromatic heterocycles. The summed E-state index contributed by atoms with van der Waals surface area (Å²) in [6.45, 7) is 3.43. The first-order valence-electron chi connectivity index (χ1n) is 6.64. The van der Waals surface area contributed by atoms with Gasteiger partial charge in [0.2, 0.25) is 0 Å². The number of benzene rings is 1. The van der Waals surface area contributed by atoms with Crippen LogP contribution in [0.1, 0.15) is 18.4 Å². The van der Waals surface area contributed by atoms with E-state index in [0.717, 1.165) is 31.5 Å². The molecule has 1 aromatic rings. The maximum absolute atomic E-state index is 12.4. The Morgan fingerprint density at radius 3 is 1.61 bits per heavy atom. The molecule has 136 valence electrons. The van der Waals surface area contributed by atoms with E-state index in [2.05, 4.69) is 0 Å². The molecule has 2 rings (SSSR count). The second-order valence-electron chi connectivity index (χ2n) is 5.70. The maximum atomic E-state index is 12.4. The summed E-state index contributed by atoms with van der Waals surface area (Å²) >= 11 is 0. The Morgan fingerprint density at radius 2 is 1.26 bits per heavy atom. The van der Waals surface area contributed by atoms with Crippen molar-refractivity contribution in [2.24, 2.45) is 0 Å². The van der Waals surface area contributed by atoms with Crippen molar-refractivity contribution >= 4 is 72.1 Å². The molecule has 0 aliphatic carbocycles. The summed E-state index contributed by atoms with van der Waals surface area (Å²) in [6.07, 6.45) is 2.00. The van der Waals surface area contributed by atoms with Gasteiger partial charge >= 0.3 is 72.1 Å². The van der Waals surface area contributed by atoms with E-state index in [1.165, 1.54) is 0 Å². The Kier molecular flexibility index (Phi) is 6.61. The van der Waals surface area contributed by atoms with Crippen molar-refractivity contribution in [1.29, 1.82) is 0 Å². The standard InChI is InChI=1S/C12H18NO2S.6ClH.Sb/c1-11-5-7-12(8-6-11)16(14,15)13(2)9-3-4-10-13;;;;;;;/h5-8H,3-4,9-10H2,1-2H3;6*1H;/q+1;;;;;;;+5/p-6. The second kappa shape index (κ2) is 6.69. The van der Waals surface area contributed by atoms with E-state index < -0.39 is 19.2 Å². The van der Waals surface area contributed by atoms with Crippen molar-refractivity contribution in [2.45, 2.75) is 24.7 Å². The molecule has 1 fully saturated rings. The Morgan fingerprint density at radius 1 is 0.913 bits per heavy atom. The number of rotatable bonds is 2. The Hall–Kier alpha value is 1.69. The quantitative estimate of drug-likeness (QED) is 0.337. The van der Waals surface area contributed by atoms with Gasteiger partial charge in [-0.2, -0.15) is 8.42 Å². The predicted molar refractivity (Wildman–Crippen MR) is 104 cm³/mol. The molecule has 11 heteroatoms. The molecule has 1 aliphatic heterocycles. The number of likely N-dealkylation sites (tertiary alicyclic amines) is 1. The average Bonchev–Trinajstić information content (AvgIpc) is 2.74. The van der Waals surface area contributed by atoms with E-state index >= 15 is 0 Å². The van der Waals surface area contributed by atoms with E-state index in [4.69, 9.17) is 53.0 Å². The number of hydrogen-bond acceptors (Lipinski definition) is 2. The minimum absolute atomic E-state index is 0.163. The zero-order valence-electron chi connectivity index (χ0n) is 12.5. The first-order valence-corrected chi connectivity index (χ1v) is 27.5. The van der Waals surface area contributed by atoms with E-state index in [1.54, 1.807) is 12.1 Å². The Balaban J connectivity index is 0.000000322. The van der Waals surface area contributed by atoms with Gasteiger partial charge in [0.25, 0.3) is 0 Å². The van der Waals surface area contributed by atoms with E-state index in [9.17, 15) is 8.42 Å². The molecule has 0 radical (unpaired) electrons. The van der Waals surface area contributed by atoms with Crippen molar-refractivity contribution in [3.63, 3.8) is 0 Å². The van der Waals surface area contributed by atoms with Crippen LogP contribution in [0.3, 0.4) is 0 Å². The van der Waals surface area contributed by atoms with Crippen molar-refractivity contribution in [2.75, 3.05) is 20.1 Å². The molecule has 0 saturated carbocycles. The molecule has 0 amide bonds. The third-order valence-electron chi connectivity index (χ3n) is 3.41. The van der Waals surface area contributed by atoms with Crippen LogP contribution >= 0.6 is 53.0 Å². The summed E-state index contributed by atoms with van der Waals surface area (Å²) in [5, 5.41) is 0. The van der Waals surface area contributed by atoms with Crippen molar-refractivity contribution < 1.29 is 12.3 Å². The number of hydrogen-bond donors (Lipinski definition) is 0. The normalized spacial score (nSPS) is 20.9. The minimum atomic E-state index is -5.42. The number of sulfonamides is 1. The van der Waals surface area contributed by atoms with Crippen LogP contribution < -0.4 is 0 Å². The zero-order chi connectivity index (χ0) is 18.2. The second-order valence-corrected chi connectivity index (χ2v) is 64.9. The van der Waals surface area contributed by atoms with Gasteiger partial charge in [0.1, 0.15) is 4.90 Å². The fraction of sp³-hybridized carbons (Fsp3) is 0.500. The van der Waals surface area contributed by atoms with Crippen LogP contribution in [0.25, 0.3) is 0 Å². The Labute approximate surface area is 157 Å². The number of nitrogens with zero attached hydrogens (tertiary/aromatic N) is 1. The van der Waals surface area contributed by atoms with Crippen LogP contribution in [-0.4, -0.2) is 41.6 Å². The van der Waals surface area contributed by atoms with E-state index in [-0.39, 0.29) is 3.89 Å². The summed E-state index contributed by atoms with van der Waals surface area (Å²) < 4.78 is 25.0. The van der Waals surface area contributed by atoms with Crippen LogP contribution in [-0.2, 0) is 10.0 Å². The molecular formula is C12H18Cl6NO2SSb. The zero-order valence-corrected chi connectivity index (χ0v) is 20.4. The SMILES string of the molecule is Cc1ccc(S(=O)(=O)[N+]2(C)CCCC2)cc1.[Cl][Sb-]([Cl])([Cl])([Cl])([Cl])[Cl]. The molecule has 23 heavy (non-hydrogen) atoms. The molecule has 1 aliphatic rings. The topological polar surface area (TPSA) is 34.1 Å². The average molecular weight is 575 g/mol. The van der Waals surface area contributed by atoms with E-state index in [0.29, 0.717) is 4.90 Å². The third-order valence-corrected chi connectivity index (χ3v) is 5.80. The summed E-state index contributed by atoms with van der Waals surface area (Å²) in [7, 11) is 23.6. The summed E-state index contributed by atoms with van der Waals surface area (Å²) in [6, 6.07) is 7.14. The van der Waals surface area contributed by atoms with E-state index in [1.807, 2.05) is 26.1 Å². The predicted octanol–water partition coefficient (Wildman–Crippen LogP) is 5.68. The fourth-order valence-corrected chi connectivity index (χ4v) is 3.94. The molecular weight excluding hydrogens is 557 g/mol. The van der Waals surface area contributed by atoms with Crippen LogP contribution in [0.15, 0.2) is 29.2 Å². The van der Waals surface area contributed by atoms with Crippen molar-refractivity contribution in [3.05, 3.63) is 29.8 Å². The van der Waals surface area contributed by atoms with Gasteiger partial charge in [-0.15, -0.1) is 0 Å². The molecule has 0 unspecified atom stereocenters. The Bertz CT molecular complexity index is 652. The van der Waals surface area contributed by atoms with Gasteiger partial charge in [-0.1, -0.05) is 17.7 Å². The van der Waals surface area contributed by atoms with Gasteiger partial charge in [-0.25, -0.2) is 3.89 Å². The molecule has 3 nitrogen and oxygen atoms in total. The van der Waals surface area contributed by atoms with Crippen molar-refractivity contribution in [3.8, 4) is 0 Å². The van der Waals surface area contributed by atoms with Gasteiger partial charge in [0, 0.05) is 12.8 Å². The van der Waals surface area contributed by atoms with Crippen LogP contribution in [0.5, 0.6) is 0 Å². The van der Waals surface area contributed by atoms with Gasteiger partial charge < -0.3 is 0 Å². The molecule has 0 spiro atoms. The van der Waals surface area contributed by atoms with Gasteiger partial charge in [0.15, 0.2) is 0 Å². The van der Waals surface area contributed by atoms with Crippen LogP contribution in [0, 0.1) is 6.92 Å².